The van der Waals surface area contributed by atoms with E-state index in [0.29, 0.717) is 12.0 Å². The predicted molar refractivity (Wildman–Crippen MR) is 51.5 cm³/mol. The van der Waals surface area contributed by atoms with Gasteiger partial charge in [-0.1, -0.05) is 0 Å². The molecule has 2 atom stereocenters. The van der Waals surface area contributed by atoms with Crippen molar-refractivity contribution in [1.82, 2.24) is 0 Å². The molecule has 2 rings (SSSR count). The summed E-state index contributed by atoms with van der Waals surface area (Å²) in [4.78, 5) is 0. The van der Waals surface area contributed by atoms with Crippen molar-refractivity contribution in [3.8, 4) is 0 Å². The van der Waals surface area contributed by atoms with E-state index in [1.54, 1.807) is 0 Å². The van der Waals surface area contributed by atoms with E-state index in [1.807, 2.05) is 7.11 Å². The van der Waals surface area contributed by atoms with Crippen molar-refractivity contribution < 1.29 is 9.84 Å². The van der Waals surface area contributed by atoms with Gasteiger partial charge in [0, 0.05) is 7.11 Å². The highest BCUT2D eigenvalue weighted by Gasteiger charge is 2.37. The van der Waals surface area contributed by atoms with Crippen molar-refractivity contribution in [2.24, 2.45) is 11.8 Å². The highest BCUT2D eigenvalue weighted by atomic mass is 16.5. The van der Waals surface area contributed by atoms with Crippen LogP contribution in [0.2, 0.25) is 0 Å². The molecule has 1 N–H and O–H groups in total. The molecule has 2 nitrogen and oxygen atoms in total. The van der Waals surface area contributed by atoms with Gasteiger partial charge in [-0.25, -0.2) is 0 Å². The third-order valence-corrected chi connectivity index (χ3v) is 3.95. The van der Waals surface area contributed by atoms with E-state index in [2.05, 4.69) is 0 Å². The van der Waals surface area contributed by atoms with Gasteiger partial charge in [0.15, 0.2) is 0 Å². The fraction of sp³-hybridized carbons (Fsp3) is 1.00. The minimum atomic E-state index is 0.0177. The van der Waals surface area contributed by atoms with Crippen LogP contribution in [-0.4, -0.2) is 24.4 Å². The third-order valence-electron chi connectivity index (χ3n) is 3.95. The summed E-state index contributed by atoms with van der Waals surface area (Å²) in [7, 11) is 1.81. The normalized spacial score (nSPS) is 45.7. The van der Waals surface area contributed by atoms with Gasteiger partial charge in [0.05, 0.1) is 12.2 Å². The third kappa shape index (κ3) is 1.89. The minimum absolute atomic E-state index is 0.0177. The number of hydrogen-bond donors (Lipinski definition) is 1. The summed E-state index contributed by atoms with van der Waals surface area (Å²) < 4.78 is 5.34. The molecular formula is C11H20O2. The second kappa shape index (κ2) is 3.97. The first-order valence-electron chi connectivity index (χ1n) is 5.52. The Bertz CT molecular complexity index is 161. The molecule has 0 aromatic heterocycles. The Hall–Kier alpha value is -0.0800. The van der Waals surface area contributed by atoms with E-state index in [9.17, 15) is 5.11 Å². The summed E-state index contributed by atoms with van der Waals surface area (Å²) in [5.41, 5.74) is 0. The predicted octanol–water partition coefficient (Wildman–Crippen LogP) is 1.96. The first-order valence-corrected chi connectivity index (χ1v) is 5.52. The lowest BCUT2D eigenvalue weighted by molar-refractivity contribution is -0.0364. The van der Waals surface area contributed by atoms with Crippen molar-refractivity contribution >= 4 is 0 Å². The van der Waals surface area contributed by atoms with Crippen LogP contribution < -0.4 is 0 Å². The fourth-order valence-corrected chi connectivity index (χ4v) is 2.81. The van der Waals surface area contributed by atoms with Gasteiger partial charge in [-0.3, -0.25) is 0 Å². The van der Waals surface area contributed by atoms with Gasteiger partial charge in [-0.2, -0.15) is 0 Å². The van der Waals surface area contributed by atoms with E-state index in [1.165, 1.54) is 32.1 Å². The van der Waals surface area contributed by atoms with Crippen LogP contribution in [0.1, 0.15) is 38.5 Å². The standard InChI is InChI=1S/C11H20O2/c1-13-9-4-2-8(3-5-9)10-6-7-11(10)12/h8-12H,2-7H2,1H3. The first kappa shape index (κ1) is 9.47. The highest BCUT2D eigenvalue weighted by molar-refractivity contribution is 4.88. The van der Waals surface area contributed by atoms with E-state index in [4.69, 9.17) is 4.74 Å². The Kier molecular flexibility index (Phi) is 2.89. The summed E-state index contributed by atoms with van der Waals surface area (Å²) in [6.07, 6.45) is 7.73. The Balaban J connectivity index is 1.77. The molecule has 0 bridgehead atoms. The minimum Gasteiger partial charge on any atom is -0.393 e. The van der Waals surface area contributed by atoms with Gasteiger partial charge in [0.1, 0.15) is 0 Å². The van der Waals surface area contributed by atoms with Gasteiger partial charge < -0.3 is 9.84 Å². The van der Waals surface area contributed by atoms with Gasteiger partial charge in [-0.15, -0.1) is 0 Å². The van der Waals surface area contributed by atoms with Gasteiger partial charge >= 0.3 is 0 Å². The molecule has 2 aliphatic rings. The molecule has 2 unspecified atom stereocenters. The Morgan fingerprint density at radius 3 is 2.08 bits per heavy atom. The number of aliphatic hydroxyl groups is 1. The molecule has 76 valence electrons. The van der Waals surface area contributed by atoms with E-state index >= 15 is 0 Å². The smallest absolute Gasteiger partial charge is 0.0571 e. The number of hydrogen-bond acceptors (Lipinski definition) is 2. The second-order valence-electron chi connectivity index (χ2n) is 4.58. The Morgan fingerprint density at radius 1 is 1.00 bits per heavy atom. The molecule has 2 saturated carbocycles. The lowest BCUT2D eigenvalue weighted by Gasteiger charge is -2.41. The van der Waals surface area contributed by atoms with Crippen LogP contribution in [0.25, 0.3) is 0 Å². The maximum Gasteiger partial charge on any atom is 0.0571 e. The van der Waals surface area contributed by atoms with Gasteiger partial charge in [-0.05, 0) is 50.4 Å². The molecule has 0 heterocycles. The van der Waals surface area contributed by atoms with Crippen LogP contribution in [0, 0.1) is 11.8 Å². The summed E-state index contributed by atoms with van der Waals surface area (Å²) in [5.74, 6) is 1.41. The van der Waals surface area contributed by atoms with Crippen molar-refractivity contribution in [3.05, 3.63) is 0 Å². The quantitative estimate of drug-likeness (QED) is 0.711. The monoisotopic (exact) mass is 184 g/mol. The lowest BCUT2D eigenvalue weighted by atomic mass is 9.68. The van der Waals surface area contributed by atoms with Crippen LogP contribution in [0.4, 0.5) is 0 Å². The summed E-state index contributed by atoms with van der Waals surface area (Å²) in [6.45, 7) is 0. The molecule has 2 aliphatic carbocycles. The van der Waals surface area contributed by atoms with Crippen molar-refractivity contribution in [2.45, 2.75) is 50.7 Å². The topological polar surface area (TPSA) is 29.5 Å². The molecule has 2 fully saturated rings. The summed E-state index contributed by atoms with van der Waals surface area (Å²) in [5, 5.41) is 9.55. The molecule has 2 heteroatoms. The van der Waals surface area contributed by atoms with Crippen molar-refractivity contribution in [1.29, 1.82) is 0 Å². The molecule has 0 radical (unpaired) electrons. The molecule has 13 heavy (non-hydrogen) atoms. The zero-order valence-electron chi connectivity index (χ0n) is 8.41. The molecule has 0 amide bonds. The van der Waals surface area contributed by atoms with Crippen LogP contribution in [0.3, 0.4) is 0 Å². The van der Waals surface area contributed by atoms with Gasteiger partial charge in [0.2, 0.25) is 0 Å². The summed E-state index contributed by atoms with van der Waals surface area (Å²) >= 11 is 0. The number of methoxy groups -OCH3 is 1. The lowest BCUT2D eigenvalue weighted by Crippen LogP contribution is -2.39. The zero-order chi connectivity index (χ0) is 9.26. The first-order chi connectivity index (χ1) is 6.31. The molecule has 0 spiro atoms. The van der Waals surface area contributed by atoms with E-state index in [-0.39, 0.29) is 6.10 Å². The van der Waals surface area contributed by atoms with Crippen LogP contribution in [0.15, 0.2) is 0 Å². The molecular weight excluding hydrogens is 164 g/mol. The van der Waals surface area contributed by atoms with Gasteiger partial charge in [0.25, 0.3) is 0 Å². The summed E-state index contributed by atoms with van der Waals surface area (Å²) in [6, 6.07) is 0. The molecule has 0 aliphatic heterocycles. The molecule has 0 aromatic carbocycles. The SMILES string of the molecule is COC1CCC(C2CCC2O)CC1. The van der Waals surface area contributed by atoms with Crippen molar-refractivity contribution in [2.75, 3.05) is 7.11 Å². The average molecular weight is 184 g/mol. The van der Waals surface area contributed by atoms with Crippen LogP contribution >= 0.6 is 0 Å². The average Bonchev–Trinajstić information content (AvgIpc) is 2.17. The fourth-order valence-electron chi connectivity index (χ4n) is 2.81. The largest absolute Gasteiger partial charge is 0.393 e. The van der Waals surface area contributed by atoms with Crippen LogP contribution in [0.5, 0.6) is 0 Å². The van der Waals surface area contributed by atoms with Crippen LogP contribution in [-0.2, 0) is 4.74 Å². The number of aliphatic hydroxyl groups excluding tert-OH is 1. The highest BCUT2D eigenvalue weighted by Crippen LogP contribution is 2.41. The maximum atomic E-state index is 9.55. The van der Waals surface area contributed by atoms with Crippen molar-refractivity contribution in [3.63, 3.8) is 0 Å². The zero-order valence-corrected chi connectivity index (χ0v) is 8.41. The molecule has 0 aromatic rings. The van der Waals surface area contributed by atoms with E-state index in [0.717, 1.165) is 12.3 Å². The maximum absolute atomic E-state index is 9.55. The number of rotatable bonds is 2. The molecule has 0 saturated heterocycles. The Labute approximate surface area is 80.3 Å². The van der Waals surface area contributed by atoms with E-state index < -0.39 is 0 Å². The Morgan fingerprint density at radius 2 is 1.69 bits per heavy atom. The number of ether oxygens (including phenoxy) is 1. The second-order valence-corrected chi connectivity index (χ2v) is 4.58.